The molecule has 2 aliphatic carbocycles. The molecular weight excluding hydrogens is 232 g/mol. The van der Waals surface area contributed by atoms with Crippen LogP contribution in [0.25, 0.3) is 0 Å². The Labute approximate surface area is 117 Å². The van der Waals surface area contributed by atoms with Crippen molar-refractivity contribution in [3.05, 3.63) is 34.9 Å². The second-order valence-corrected chi connectivity index (χ2v) is 6.96. The van der Waals surface area contributed by atoms with Crippen LogP contribution in [0.2, 0.25) is 0 Å². The van der Waals surface area contributed by atoms with Gasteiger partial charge in [0, 0.05) is 0 Å². The van der Waals surface area contributed by atoms with Crippen molar-refractivity contribution in [3.8, 4) is 0 Å². The standard InChI is InChI=1S/C18H26O/c1-12-3-4-13(2)16(7-12)10-18(19)11-17-9-14-5-6-15(17)8-14/h3-4,7,14-15,17-19H,5-6,8-11H2,1-2H3. The van der Waals surface area contributed by atoms with Crippen LogP contribution in [0.15, 0.2) is 18.2 Å². The Bertz CT molecular complexity index is 451. The second-order valence-electron chi connectivity index (χ2n) is 6.96. The van der Waals surface area contributed by atoms with Crippen LogP contribution in [0, 0.1) is 31.6 Å². The fourth-order valence-corrected chi connectivity index (χ4v) is 4.37. The van der Waals surface area contributed by atoms with E-state index in [1.54, 1.807) is 0 Å². The summed E-state index contributed by atoms with van der Waals surface area (Å²) in [6, 6.07) is 6.56. The van der Waals surface area contributed by atoms with Gasteiger partial charge in [-0.3, -0.25) is 0 Å². The number of benzene rings is 1. The molecule has 2 bridgehead atoms. The predicted molar refractivity (Wildman–Crippen MR) is 79.2 cm³/mol. The average Bonchev–Trinajstić information content (AvgIpc) is 2.96. The first kappa shape index (κ1) is 13.2. The number of rotatable bonds is 4. The van der Waals surface area contributed by atoms with Gasteiger partial charge in [0.25, 0.3) is 0 Å². The van der Waals surface area contributed by atoms with E-state index in [2.05, 4.69) is 32.0 Å². The maximum atomic E-state index is 10.4. The van der Waals surface area contributed by atoms with Gasteiger partial charge in [0.15, 0.2) is 0 Å². The van der Waals surface area contributed by atoms with E-state index in [-0.39, 0.29) is 6.10 Å². The molecule has 1 nitrogen and oxygen atoms in total. The van der Waals surface area contributed by atoms with E-state index in [1.165, 1.54) is 42.4 Å². The molecule has 3 rings (SSSR count). The van der Waals surface area contributed by atoms with Crippen LogP contribution in [0.4, 0.5) is 0 Å². The van der Waals surface area contributed by atoms with Gasteiger partial charge >= 0.3 is 0 Å². The van der Waals surface area contributed by atoms with Gasteiger partial charge in [-0.2, -0.15) is 0 Å². The van der Waals surface area contributed by atoms with Gasteiger partial charge in [0.2, 0.25) is 0 Å². The number of hydrogen-bond donors (Lipinski definition) is 1. The van der Waals surface area contributed by atoms with Crippen LogP contribution in [0.5, 0.6) is 0 Å². The van der Waals surface area contributed by atoms with Crippen molar-refractivity contribution in [1.82, 2.24) is 0 Å². The van der Waals surface area contributed by atoms with Crippen molar-refractivity contribution >= 4 is 0 Å². The van der Waals surface area contributed by atoms with E-state index in [1.807, 2.05) is 0 Å². The number of fused-ring (bicyclic) bond motifs is 2. The molecule has 1 aromatic carbocycles. The van der Waals surface area contributed by atoms with E-state index in [9.17, 15) is 5.11 Å². The molecule has 0 heterocycles. The molecule has 2 saturated carbocycles. The van der Waals surface area contributed by atoms with Crippen LogP contribution in [0.3, 0.4) is 0 Å². The smallest absolute Gasteiger partial charge is 0.0583 e. The van der Waals surface area contributed by atoms with Gasteiger partial charge in [-0.25, -0.2) is 0 Å². The average molecular weight is 258 g/mol. The molecule has 1 heteroatoms. The summed E-state index contributed by atoms with van der Waals surface area (Å²) in [5.74, 6) is 2.72. The first-order chi connectivity index (χ1) is 9.11. The van der Waals surface area contributed by atoms with Gasteiger partial charge < -0.3 is 5.11 Å². The molecule has 0 aliphatic heterocycles. The highest BCUT2D eigenvalue weighted by molar-refractivity contribution is 5.30. The summed E-state index contributed by atoms with van der Waals surface area (Å²) in [5.41, 5.74) is 3.95. The minimum atomic E-state index is -0.148. The minimum absolute atomic E-state index is 0.148. The van der Waals surface area contributed by atoms with E-state index in [0.717, 1.165) is 30.6 Å². The molecule has 2 aliphatic rings. The third-order valence-electron chi connectivity index (χ3n) is 5.42. The lowest BCUT2D eigenvalue weighted by Gasteiger charge is -2.24. The van der Waals surface area contributed by atoms with Crippen molar-refractivity contribution in [2.45, 2.75) is 58.5 Å². The summed E-state index contributed by atoms with van der Waals surface area (Å²) in [7, 11) is 0. The molecule has 0 saturated heterocycles. The van der Waals surface area contributed by atoms with Crippen LogP contribution >= 0.6 is 0 Å². The van der Waals surface area contributed by atoms with Gasteiger partial charge in [-0.15, -0.1) is 0 Å². The third kappa shape index (κ3) is 2.86. The molecule has 4 atom stereocenters. The summed E-state index contributed by atoms with van der Waals surface area (Å²) in [6.45, 7) is 4.28. The molecule has 1 aromatic rings. The minimum Gasteiger partial charge on any atom is -0.393 e. The number of aliphatic hydroxyl groups excluding tert-OH is 1. The van der Waals surface area contributed by atoms with Gasteiger partial charge in [-0.1, -0.05) is 30.2 Å². The van der Waals surface area contributed by atoms with Crippen LogP contribution in [-0.4, -0.2) is 11.2 Å². The largest absolute Gasteiger partial charge is 0.393 e. The molecule has 0 amide bonds. The third-order valence-corrected chi connectivity index (χ3v) is 5.42. The number of hydrogen-bond acceptors (Lipinski definition) is 1. The monoisotopic (exact) mass is 258 g/mol. The lowest BCUT2D eigenvalue weighted by molar-refractivity contribution is 0.124. The SMILES string of the molecule is Cc1ccc(C)c(CC(O)CC2CC3CCC2C3)c1. The normalized spacial score (nSPS) is 30.8. The van der Waals surface area contributed by atoms with E-state index < -0.39 is 0 Å². The quantitative estimate of drug-likeness (QED) is 0.864. The first-order valence-corrected chi connectivity index (χ1v) is 7.86. The lowest BCUT2D eigenvalue weighted by atomic mass is 9.83. The maximum absolute atomic E-state index is 10.4. The molecule has 4 unspecified atom stereocenters. The maximum Gasteiger partial charge on any atom is 0.0583 e. The summed E-state index contributed by atoms with van der Waals surface area (Å²) >= 11 is 0. The van der Waals surface area contributed by atoms with Crippen LogP contribution in [-0.2, 0) is 6.42 Å². The van der Waals surface area contributed by atoms with Crippen molar-refractivity contribution in [3.63, 3.8) is 0 Å². The zero-order valence-electron chi connectivity index (χ0n) is 12.2. The Kier molecular flexibility index (Phi) is 3.66. The molecule has 2 fully saturated rings. The van der Waals surface area contributed by atoms with Crippen molar-refractivity contribution in [2.24, 2.45) is 17.8 Å². The number of aliphatic hydroxyl groups is 1. The predicted octanol–water partition coefficient (Wildman–Crippen LogP) is 4.03. The highest BCUT2D eigenvalue weighted by Crippen LogP contribution is 2.50. The molecule has 19 heavy (non-hydrogen) atoms. The van der Waals surface area contributed by atoms with Crippen LogP contribution < -0.4 is 0 Å². The Hall–Kier alpha value is -0.820. The second kappa shape index (κ2) is 5.28. The zero-order valence-corrected chi connectivity index (χ0v) is 12.2. The topological polar surface area (TPSA) is 20.2 Å². The van der Waals surface area contributed by atoms with Crippen molar-refractivity contribution < 1.29 is 5.11 Å². The Balaban J connectivity index is 1.59. The fourth-order valence-electron chi connectivity index (χ4n) is 4.37. The first-order valence-electron chi connectivity index (χ1n) is 7.86. The fraction of sp³-hybridized carbons (Fsp3) is 0.667. The zero-order chi connectivity index (χ0) is 13.4. The van der Waals surface area contributed by atoms with Gasteiger partial charge in [-0.05, 0) is 74.8 Å². The Morgan fingerprint density at radius 1 is 1.21 bits per heavy atom. The van der Waals surface area contributed by atoms with E-state index >= 15 is 0 Å². The molecule has 104 valence electrons. The van der Waals surface area contributed by atoms with Gasteiger partial charge in [0.1, 0.15) is 0 Å². The summed E-state index contributed by atoms with van der Waals surface area (Å²) < 4.78 is 0. The molecule has 0 spiro atoms. The summed E-state index contributed by atoms with van der Waals surface area (Å²) in [5, 5.41) is 10.4. The molecule has 0 radical (unpaired) electrons. The lowest BCUT2D eigenvalue weighted by Crippen LogP contribution is -2.20. The molecular formula is C18H26O. The molecule has 0 aromatic heterocycles. The Morgan fingerprint density at radius 2 is 2.05 bits per heavy atom. The van der Waals surface area contributed by atoms with Crippen molar-refractivity contribution in [2.75, 3.05) is 0 Å². The van der Waals surface area contributed by atoms with E-state index in [0.29, 0.717) is 0 Å². The Morgan fingerprint density at radius 3 is 2.74 bits per heavy atom. The highest BCUT2D eigenvalue weighted by Gasteiger charge is 2.39. The van der Waals surface area contributed by atoms with E-state index in [4.69, 9.17) is 0 Å². The summed E-state index contributed by atoms with van der Waals surface area (Å²) in [4.78, 5) is 0. The number of aryl methyl sites for hydroxylation is 2. The van der Waals surface area contributed by atoms with Gasteiger partial charge in [0.05, 0.1) is 6.10 Å². The highest BCUT2D eigenvalue weighted by atomic mass is 16.3. The van der Waals surface area contributed by atoms with Crippen LogP contribution in [0.1, 0.15) is 48.8 Å². The van der Waals surface area contributed by atoms with Crippen molar-refractivity contribution in [1.29, 1.82) is 0 Å². The molecule has 1 N–H and O–H groups in total. The summed E-state index contributed by atoms with van der Waals surface area (Å²) in [6.07, 6.45) is 7.41.